The van der Waals surface area contributed by atoms with Crippen molar-refractivity contribution in [2.75, 3.05) is 0 Å². The Hall–Kier alpha value is -1.61. The standard InChI is InChI=1S/C9H13N5/c1-7(4-10)13-14(8(2)5-11)9(3)6-12/h7-9,13H,1-3H3. The van der Waals surface area contributed by atoms with Crippen LogP contribution in [0.3, 0.4) is 0 Å². The van der Waals surface area contributed by atoms with Gasteiger partial charge in [0.1, 0.15) is 18.1 Å². The molecule has 0 aromatic rings. The van der Waals surface area contributed by atoms with Crippen LogP contribution in [-0.2, 0) is 0 Å². The summed E-state index contributed by atoms with van der Waals surface area (Å²) in [5.41, 5.74) is 2.80. The molecule has 0 rings (SSSR count). The predicted octanol–water partition coefficient (Wildman–Crippen LogP) is 0.529. The van der Waals surface area contributed by atoms with Gasteiger partial charge in [0, 0.05) is 0 Å². The van der Waals surface area contributed by atoms with E-state index in [2.05, 4.69) is 5.43 Å². The first kappa shape index (κ1) is 12.4. The van der Waals surface area contributed by atoms with Gasteiger partial charge in [-0.15, -0.1) is 0 Å². The van der Waals surface area contributed by atoms with Gasteiger partial charge >= 0.3 is 0 Å². The number of nitriles is 3. The van der Waals surface area contributed by atoms with E-state index in [1.54, 1.807) is 20.8 Å². The summed E-state index contributed by atoms with van der Waals surface area (Å²) in [5.74, 6) is 0. The summed E-state index contributed by atoms with van der Waals surface area (Å²) in [4.78, 5) is 0. The first-order valence-corrected chi connectivity index (χ1v) is 4.30. The van der Waals surface area contributed by atoms with Crippen molar-refractivity contribution in [3.05, 3.63) is 0 Å². The van der Waals surface area contributed by atoms with Gasteiger partial charge in [-0.25, -0.2) is 10.4 Å². The zero-order chi connectivity index (χ0) is 11.1. The Kier molecular flexibility index (Phi) is 5.26. The van der Waals surface area contributed by atoms with Crippen LogP contribution in [0.5, 0.6) is 0 Å². The molecular weight excluding hydrogens is 178 g/mol. The molecule has 0 spiro atoms. The van der Waals surface area contributed by atoms with Crippen LogP contribution in [0.25, 0.3) is 0 Å². The van der Waals surface area contributed by atoms with Crippen LogP contribution < -0.4 is 5.43 Å². The van der Waals surface area contributed by atoms with Gasteiger partial charge in [0.2, 0.25) is 0 Å². The fraction of sp³-hybridized carbons (Fsp3) is 0.667. The maximum absolute atomic E-state index is 8.71. The van der Waals surface area contributed by atoms with Crippen molar-refractivity contribution in [3.8, 4) is 18.2 Å². The number of hydrogen-bond acceptors (Lipinski definition) is 5. The van der Waals surface area contributed by atoms with E-state index in [0.29, 0.717) is 0 Å². The molecule has 3 atom stereocenters. The minimum atomic E-state index is -0.444. The zero-order valence-corrected chi connectivity index (χ0v) is 8.52. The molecule has 5 heteroatoms. The van der Waals surface area contributed by atoms with Crippen LogP contribution >= 0.6 is 0 Å². The largest absolute Gasteiger partial charge is 0.236 e. The van der Waals surface area contributed by atoms with Crippen LogP contribution in [0, 0.1) is 34.0 Å². The molecule has 3 unspecified atom stereocenters. The quantitative estimate of drug-likeness (QED) is 0.655. The molecule has 0 radical (unpaired) electrons. The maximum Gasteiger partial charge on any atom is 0.110 e. The van der Waals surface area contributed by atoms with E-state index in [1.807, 2.05) is 18.2 Å². The Morgan fingerprint density at radius 1 is 0.929 bits per heavy atom. The number of rotatable bonds is 4. The van der Waals surface area contributed by atoms with Gasteiger partial charge in [-0.05, 0) is 20.8 Å². The third-order valence-corrected chi connectivity index (χ3v) is 1.74. The summed E-state index contributed by atoms with van der Waals surface area (Å²) >= 11 is 0. The van der Waals surface area contributed by atoms with Crippen LogP contribution in [0.2, 0.25) is 0 Å². The van der Waals surface area contributed by atoms with Crippen LogP contribution in [0.15, 0.2) is 0 Å². The molecule has 0 saturated carbocycles. The lowest BCUT2D eigenvalue weighted by atomic mass is 10.2. The number of hydrogen-bond donors (Lipinski definition) is 1. The molecule has 0 heterocycles. The van der Waals surface area contributed by atoms with Crippen molar-refractivity contribution >= 4 is 0 Å². The molecule has 74 valence electrons. The molecule has 0 saturated heterocycles. The third-order valence-electron chi connectivity index (χ3n) is 1.74. The van der Waals surface area contributed by atoms with Crippen molar-refractivity contribution in [1.82, 2.24) is 10.4 Å². The van der Waals surface area contributed by atoms with E-state index in [-0.39, 0.29) is 0 Å². The number of nitrogens with zero attached hydrogens (tertiary/aromatic N) is 4. The van der Waals surface area contributed by atoms with E-state index in [4.69, 9.17) is 15.8 Å². The van der Waals surface area contributed by atoms with Gasteiger partial charge in [0.25, 0.3) is 0 Å². The lowest BCUT2D eigenvalue weighted by Gasteiger charge is -2.28. The third kappa shape index (κ3) is 3.41. The second-order valence-electron chi connectivity index (χ2n) is 3.00. The molecule has 0 aliphatic heterocycles. The average Bonchev–Trinajstić information content (AvgIpc) is 2.23. The predicted molar refractivity (Wildman–Crippen MR) is 50.2 cm³/mol. The van der Waals surface area contributed by atoms with E-state index >= 15 is 0 Å². The van der Waals surface area contributed by atoms with Gasteiger partial charge in [-0.2, -0.15) is 15.8 Å². The summed E-state index contributed by atoms with van der Waals surface area (Å²) in [6, 6.07) is 4.70. The smallest absolute Gasteiger partial charge is 0.110 e. The maximum atomic E-state index is 8.71. The minimum Gasteiger partial charge on any atom is -0.236 e. The van der Waals surface area contributed by atoms with Crippen molar-refractivity contribution in [3.63, 3.8) is 0 Å². The highest BCUT2D eigenvalue weighted by atomic mass is 15.5. The van der Waals surface area contributed by atoms with Crippen molar-refractivity contribution < 1.29 is 0 Å². The summed E-state index contributed by atoms with van der Waals surface area (Å²) in [6.45, 7) is 5.01. The van der Waals surface area contributed by atoms with Crippen molar-refractivity contribution in [2.24, 2.45) is 0 Å². The van der Waals surface area contributed by atoms with Gasteiger partial charge < -0.3 is 0 Å². The SMILES string of the molecule is CC(C#N)NN(C(C)C#N)C(C)C#N. The summed E-state index contributed by atoms with van der Waals surface area (Å²) in [6.07, 6.45) is 0. The highest BCUT2D eigenvalue weighted by Gasteiger charge is 2.20. The van der Waals surface area contributed by atoms with Crippen molar-refractivity contribution in [1.29, 1.82) is 15.8 Å². The molecule has 0 fully saturated rings. The van der Waals surface area contributed by atoms with Crippen LogP contribution in [-0.4, -0.2) is 23.1 Å². The fourth-order valence-electron chi connectivity index (χ4n) is 0.936. The summed E-state index contributed by atoms with van der Waals surface area (Å²) in [7, 11) is 0. The highest BCUT2D eigenvalue weighted by Crippen LogP contribution is 2.01. The molecule has 0 aromatic carbocycles. The van der Waals surface area contributed by atoms with Gasteiger partial charge in [-0.3, -0.25) is 0 Å². The van der Waals surface area contributed by atoms with Crippen molar-refractivity contribution in [2.45, 2.75) is 38.9 Å². The molecule has 0 aliphatic rings. The number of hydrazine groups is 1. The fourth-order valence-corrected chi connectivity index (χ4v) is 0.936. The zero-order valence-electron chi connectivity index (χ0n) is 8.52. The van der Waals surface area contributed by atoms with E-state index in [1.165, 1.54) is 5.01 Å². The average molecular weight is 191 g/mol. The molecule has 0 aliphatic carbocycles. The molecule has 0 amide bonds. The van der Waals surface area contributed by atoms with Crippen LogP contribution in [0.4, 0.5) is 0 Å². The topological polar surface area (TPSA) is 86.6 Å². The summed E-state index contributed by atoms with van der Waals surface area (Å²) in [5, 5.41) is 27.5. The van der Waals surface area contributed by atoms with E-state index in [9.17, 15) is 0 Å². The van der Waals surface area contributed by atoms with E-state index < -0.39 is 18.1 Å². The molecule has 0 aromatic heterocycles. The monoisotopic (exact) mass is 191 g/mol. The van der Waals surface area contributed by atoms with Crippen LogP contribution in [0.1, 0.15) is 20.8 Å². The summed E-state index contributed by atoms with van der Waals surface area (Å²) < 4.78 is 0. The van der Waals surface area contributed by atoms with Gasteiger partial charge in [-0.1, -0.05) is 0 Å². The molecule has 0 bridgehead atoms. The second-order valence-corrected chi connectivity index (χ2v) is 3.00. The lowest BCUT2D eigenvalue weighted by Crippen LogP contribution is -2.51. The number of nitrogens with one attached hydrogen (secondary N) is 1. The Labute approximate surface area is 84.1 Å². The Morgan fingerprint density at radius 3 is 1.64 bits per heavy atom. The molecule has 14 heavy (non-hydrogen) atoms. The van der Waals surface area contributed by atoms with Gasteiger partial charge in [0.05, 0.1) is 18.2 Å². The Morgan fingerprint density at radius 2 is 1.36 bits per heavy atom. The normalized spacial score (nSPS) is 16.1. The molecule has 1 N–H and O–H groups in total. The Bertz CT molecular complexity index is 272. The minimum absolute atomic E-state index is 0.415. The highest BCUT2D eigenvalue weighted by molar-refractivity contribution is 4.97. The second kappa shape index (κ2) is 5.94. The Balaban J connectivity index is 4.53. The lowest BCUT2D eigenvalue weighted by molar-refractivity contribution is 0.129. The molecule has 5 nitrogen and oxygen atoms in total. The first-order valence-electron chi connectivity index (χ1n) is 4.30. The van der Waals surface area contributed by atoms with E-state index in [0.717, 1.165) is 0 Å². The van der Waals surface area contributed by atoms with Gasteiger partial charge in [0.15, 0.2) is 0 Å². The molecular formula is C9H13N5. The first-order chi connectivity index (χ1) is 6.56.